The molecule has 0 saturated carbocycles. The van der Waals surface area contributed by atoms with Crippen LogP contribution in [-0.2, 0) is 6.42 Å². The Bertz CT molecular complexity index is 627. The van der Waals surface area contributed by atoms with Crippen LogP contribution in [0.15, 0.2) is 24.3 Å². The summed E-state index contributed by atoms with van der Waals surface area (Å²) < 4.78 is 0. The van der Waals surface area contributed by atoms with Crippen molar-refractivity contribution in [2.45, 2.75) is 33.1 Å². The molecule has 0 radical (unpaired) electrons. The average molecular weight is 324 g/mol. The van der Waals surface area contributed by atoms with Gasteiger partial charge in [0.1, 0.15) is 11.6 Å². The largest absolute Gasteiger partial charge is 0.370 e. The van der Waals surface area contributed by atoms with Crippen LogP contribution in [-0.4, -0.2) is 16.5 Å². The number of hydrogen-bond donors (Lipinski definition) is 1. The third-order valence-corrected chi connectivity index (χ3v) is 3.69. The van der Waals surface area contributed by atoms with E-state index in [1.807, 2.05) is 25.1 Å². The van der Waals surface area contributed by atoms with E-state index >= 15 is 0 Å². The molecule has 3 nitrogen and oxygen atoms in total. The van der Waals surface area contributed by atoms with Crippen molar-refractivity contribution in [2.24, 2.45) is 0 Å². The number of aryl methyl sites for hydroxylation is 1. The molecule has 21 heavy (non-hydrogen) atoms. The van der Waals surface area contributed by atoms with E-state index in [4.69, 9.17) is 23.2 Å². The lowest BCUT2D eigenvalue weighted by Crippen LogP contribution is -2.09. The molecular formula is C16H19Cl2N3. The van der Waals surface area contributed by atoms with E-state index < -0.39 is 0 Å². The van der Waals surface area contributed by atoms with Crippen LogP contribution in [0.2, 0.25) is 10.0 Å². The fourth-order valence-corrected chi connectivity index (χ4v) is 2.49. The second kappa shape index (κ2) is 7.10. The molecule has 0 atom stereocenters. The minimum absolute atomic E-state index is 0.316. The van der Waals surface area contributed by atoms with Gasteiger partial charge in [0.15, 0.2) is 0 Å². The van der Waals surface area contributed by atoms with Gasteiger partial charge in [-0.05, 0) is 31.0 Å². The van der Waals surface area contributed by atoms with E-state index in [-0.39, 0.29) is 0 Å². The van der Waals surface area contributed by atoms with Gasteiger partial charge in [0.2, 0.25) is 0 Å². The summed E-state index contributed by atoms with van der Waals surface area (Å²) in [5, 5.41) is 4.69. The zero-order chi connectivity index (χ0) is 15.4. The van der Waals surface area contributed by atoms with Gasteiger partial charge in [0.25, 0.3) is 0 Å². The summed E-state index contributed by atoms with van der Waals surface area (Å²) in [6.07, 6.45) is 0.816. The van der Waals surface area contributed by atoms with Crippen molar-refractivity contribution in [1.29, 1.82) is 0 Å². The number of aromatic nitrogens is 2. The molecule has 0 bridgehead atoms. The molecule has 0 spiro atoms. The van der Waals surface area contributed by atoms with Crippen molar-refractivity contribution in [1.82, 2.24) is 9.97 Å². The number of benzene rings is 1. The molecule has 0 amide bonds. The van der Waals surface area contributed by atoms with Crippen LogP contribution in [0, 0.1) is 6.92 Å². The lowest BCUT2D eigenvalue weighted by Gasteiger charge is -2.11. The molecule has 1 N–H and O–H groups in total. The fraction of sp³-hybridized carbons (Fsp3) is 0.375. The molecule has 1 heterocycles. The van der Waals surface area contributed by atoms with E-state index in [0.29, 0.717) is 16.0 Å². The van der Waals surface area contributed by atoms with E-state index in [2.05, 4.69) is 29.1 Å². The van der Waals surface area contributed by atoms with Gasteiger partial charge in [0.05, 0.1) is 0 Å². The summed E-state index contributed by atoms with van der Waals surface area (Å²) in [7, 11) is 0. The van der Waals surface area contributed by atoms with Crippen molar-refractivity contribution >= 4 is 29.0 Å². The molecule has 5 heteroatoms. The van der Waals surface area contributed by atoms with Gasteiger partial charge in [-0.1, -0.05) is 43.1 Å². The minimum atomic E-state index is 0.316. The van der Waals surface area contributed by atoms with E-state index in [0.717, 1.165) is 35.9 Å². The number of halogens is 2. The topological polar surface area (TPSA) is 37.8 Å². The summed E-state index contributed by atoms with van der Waals surface area (Å²) in [4.78, 5) is 8.96. The van der Waals surface area contributed by atoms with Gasteiger partial charge >= 0.3 is 0 Å². The van der Waals surface area contributed by atoms with Crippen LogP contribution in [0.5, 0.6) is 0 Å². The van der Waals surface area contributed by atoms with E-state index in [9.17, 15) is 0 Å². The lowest BCUT2D eigenvalue weighted by atomic mass is 10.1. The highest BCUT2D eigenvalue weighted by Gasteiger charge is 2.06. The number of anilines is 1. The van der Waals surface area contributed by atoms with Crippen LogP contribution < -0.4 is 5.32 Å². The van der Waals surface area contributed by atoms with Crippen molar-refractivity contribution < 1.29 is 0 Å². The maximum absolute atomic E-state index is 6.17. The van der Waals surface area contributed by atoms with E-state index in [1.165, 1.54) is 0 Å². The molecule has 0 aliphatic rings. The zero-order valence-corrected chi connectivity index (χ0v) is 14.0. The molecule has 1 aromatic heterocycles. The zero-order valence-electron chi connectivity index (χ0n) is 12.5. The molecule has 112 valence electrons. The lowest BCUT2D eigenvalue weighted by molar-refractivity contribution is 0.766. The highest BCUT2D eigenvalue weighted by molar-refractivity contribution is 6.35. The first-order valence-electron chi connectivity index (χ1n) is 6.99. The van der Waals surface area contributed by atoms with Crippen molar-refractivity contribution in [3.05, 3.63) is 51.4 Å². The number of rotatable bonds is 5. The van der Waals surface area contributed by atoms with Crippen LogP contribution >= 0.6 is 23.2 Å². The van der Waals surface area contributed by atoms with Crippen LogP contribution in [0.25, 0.3) is 0 Å². The number of hydrogen-bond acceptors (Lipinski definition) is 3. The van der Waals surface area contributed by atoms with Gasteiger partial charge in [-0.3, -0.25) is 0 Å². The third-order valence-electron chi connectivity index (χ3n) is 3.10. The Morgan fingerprint density at radius 1 is 1.14 bits per heavy atom. The highest BCUT2D eigenvalue weighted by atomic mass is 35.5. The van der Waals surface area contributed by atoms with Crippen LogP contribution in [0.3, 0.4) is 0 Å². The van der Waals surface area contributed by atoms with Gasteiger partial charge in [-0.2, -0.15) is 0 Å². The second-order valence-corrected chi connectivity index (χ2v) is 6.16. The maximum Gasteiger partial charge on any atom is 0.133 e. The second-order valence-electron chi connectivity index (χ2n) is 5.32. The molecule has 0 fully saturated rings. The molecule has 0 saturated heterocycles. The summed E-state index contributed by atoms with van der Waals surface area (Å²) in [5.41, 5.74) is 2.05. The summed E-state index contributed by atoms with van der Waals surface area (Å²) >= 11 is 12.1. The first-order chi connectivity index (χ1) is 9.95. The quantitative estimate of drug-likeness (QED) is 0.852. The van der Waals surface area contributed by atoms with Crippen molar-refractivity contribution in [3.8, 4) is 0 Å². The predicted molar refractivity (Wildman–Crippen MR) is 89.5 cm³/mol. The van der Waals surface area contributed by atoms with Gasteiger partial charge < -0.3 is 5.32 Å². The molecular weight excluding hydrogens is 305 g/mol. The Morgan fingerprint density at radius 2 is 1.90 bits per heavy atom. The molecule has 0 aliphatic heterocycles. The summed E-state index contributed by atoms with van der Waals surface area (Å²) in [6, 6.07) is 7.53. The first kappa shape index (κ1) is 16.1. The van der Waals surface area contributed by atoms with Crippen molar-refractivity contribution in [3.63, 3.8) is 0 Å². The molecule has 0 aliphatic carbocycles. The van der Waals surface area contributed by atoms with Crippen LogP contribution in [0.1, 0.15) is 36.8 Å². The van der Waals surface area contributed by atoms with Gasteiger partial charge in [-0.25, -0.2) is 9.97 Å². The SMILES string of the molecule is Cc1cc(NCCc2ccc(Cl)cc2Cl)nc(C(C)C)n1. The predicted octanol–water partition coefficient (Wildman–Crippen LogP) is 4.87. The normalized spacial score (nSPS) is 11.0. The van der Waals surface area contributed by atoms with E-state index in [1.54, 1.807) is 6.07 Å². The Balaban J connectivity index is 2.00. The summed E-state index contributed by atoms with van der Waals surface area (Å²) in [5.74, 6) is 2.04. The monoisotopic (exact) mass is 323 g/mol. The molecule has 0 unspecified atom stereocenters. The molecule has 2 aromatic rings. The van der Waals surface area contributed by atoms with Crippen molar-refractivity contribution in [2.75, 3.05) is 11.9 Å². The fourth-order valence-electron chi connectivity index (χ4n) is 1.99. The van der Waals surface area contributed by atoms with Gasteiger partial charge in [-0.15, -0.1) is 0 Å². The molecule has 2 rings (SSSR count). The third kappa shape index (κ3) is 4.58. The number of nitrogens with zero attached hydrogens (tertiary/aromatic N) is 2. The summed E-state index contributed by atoms with van der Waals surface area (Å²) in [6.45, 7) is 6.92. The van der Waals surface area contributed by atoms with Gasteiger partial charge in [0, 0.05) is 34.3 Å². The average Bonchev–Trinajstić information content (AvgIpc) is 2.40. The Kier molecular flexibility index (Phi) is 5.43. The van der Waals surface area contributed by atoms with Crippen LogP contribution in [0.4, 0.5) is 5.82 Å². The maximum atomic E-state index is 6.17. The Morgan fingerprint density at radius 3 is 2.57 bits per heavy atom. The first-order valence-corrected chi connectivity index (χ1v) is 7.74. The minimum Gasteiger partial charge on any atom is -0.370 e. The number of nitrogens with one attached hydrogen (secondary N) is 1. The Hall–Kier alpha value is -1.32. The highest BCUT2D eigenvalue weighted by Crippen LogP contribution is 2.21. The standard InChI is InChI=1S/C16H19Cl2N3/c1-10(2)16-20-11(3)8-15(21-16)19-7-6-12-4-5-13(17)9-14(12)18/h4-5,8-10H,6-7H2,1-3H3,(H,19,20,21). The smallest absolute Gasteiger partial charge is 0.133 e. The Labute approximate surface area is 135 Å². The molecule has 1 aromatic carbocycles.